The van der Waals surface area contributed by atoms with Crippen molar-refractivity contribution in [1.82, 2.24) is 25.1 Å². The Morgan fingerprint density at radius 3 is 2.95 bits per heavy atom. The molecule has 1 aliphatic heterocycles. The number of nitrogens with zero attached hydrogens (tertiary/aromatic N) is 5. The van der Waals surface area contributed by atoms with Gasteiger partial charge in [-0.3, -0.25) is 4.90 Å². The van der Waals surface area contributed by atoms with E-state index in [-0.39, 0.29) is 6.10 Å². The number of aromatic nitrogens is 4. The summed E-state index contributed by atoms with van der Waals surface area (Å²) in [7, 11) is 1.83. The smallest absolute Gasteiger partial charge is 0.181 e. The van der Waals surface area contributed by atoms with E-state index in [0.717, 1.165) is 25.5 Å². The quantitative estimate of drug-likeness (QED) is 0.736. The lowest BCUT2D eigenvalue weighted by Gasteiger charge is -2.31. The van der Waals surface area contributed by atoms with Gasteiger partial charge in [0.25, 0.3) is 0 Å². The van der Waals surface area contributed by atoms with E-state index in [4.69, 9.17) is 9.47 Å². The third kappa shape index (κ3) is 3.88. The van der Waals surface area contributed by atoms with Crippen LogP contribution in [0.25, 0.3) is 0 Å². The maximum Gasteiger partial charge on any atom is 0.181 e. The zero-order valence-corrected chi connectivity index (χ0v) is 12.8. The fourth-order valence-electron chi connectivity index (χ4n) is 2.53. The second-order valence-corrected chi connectivity index (χ2v) is 5.36. The van der Waals surface area contributed by atoms with Crippen LogP contribution in [0, 0.1) is 0 Å². The minimum Gasteiger partial charge on any atom is -0.375 e. The van der Waals surface area contributed by atoms with Crippen molar-refractivity contribution < 1.29 is 9.47 Å². The van der Waals surface area contributed by atoms with Crippen LogP contribution in [0.1, 0.15) is 17.5 Å². The van der Waals surface area contributed by atoms with Gasteiger partial charge in [0.1, 0.15) is 6.10 Å². The van der Waals surface area contributed by atoms with E-state index < -0.39 is 0 Å². The first kappa shape index (κ1) is 15.1. The molecule has 0 amide bonds. The molecule has 3 rings (SSSR count). The van der Waals surface area contributed by atoms with Gasteiger partial charge in [-0.05, 0) is 16.0 Å². The number of aryl methyl sites for hydroxylation is 1. The molecule has 1 atom stereocenters. The minimum atomic E-state index is -0.0668. The summed E-state index contributed by atoms with van der Waals surface area (Å²) in [5, 5.41) is 11.6. The number of morpholine rings is 1. The van der Waals surface area contributed by atoms with E-state index in [1.54, 1.807) is 4.68 Å². The predicted octanol–water partition coefficient (Wildman–Crippen LogP) is 0.800. The van der Waals surface area contributed by atoms with Crippen LogP contribution in [0.5, 0.6) is 0 Å². The van der Waals surface area contributed by atoms with Crippen molar-refractivity contribution >= 4 is 0 Å². The second kappa shape index (κ2) is 7.44. The van der Waals surface area contributed by atoms with Crippen LogP contribution in [0.3, 0.4) is 0 Å². The summed E-state index contributed by atoms with van der Waals surface area (Å²) in [6, 6.07) is 10.2. The summed E-state index contributed by atoms with van der Waals surface area (Å²) in [6.07, 6.45) is -0.0668. The van der Waals surface area contributed by atoms with Gasteiger partial charge >= 0.3 is 0 Å². The fraction of sp³-hybridized carbons (Fsp3) is 0.533. The number of rotatable bonds is 6. The van der Waals surface area contributed by atoms with Gasteiger partial charge in [-0.25, -0.2) is 4.68 Å². The van der Waals surface area contributed by atoms with Gasteiger partial charge in [-0.2, -0.15) is 0 Å². The van der Waals surface area contributed by atoms with Crippen LogP contribution >= 0.6 is 0 Å². The Morgan fingerprint density at radius 2 is 2.18 bits per heavy atom. The van der Waals surface area contributed by atoms with Crippen molar-refractivity contribution in [2.45, 2.75) is 12.7 Å². The molecule has 0 spiro atoms. The molecule has 22 heavy (non-hydrogen) atoms. The topological polar surface area (TPSA) is 65.3 Å². The first-order chi connectivity index (χ1) is 10.8. The van der Waals surface area contributed by atoms with Gasteiger partial charge in [0.15, 0.2) is 5.82 Å². The highest BCUT2D eigenvalue weighted by Crippen LogP contribution is 2.18. The molecule has 118 valence electrons. The Morgan fingerprint density at radius 1 is 1.32 bits per heavy atom. The molecule has 7 nitrogen and oxygen atoms in total. The van der Waals surface area contributed by atoms with Gasteiger partial charge in [-0.15, -0.1) is 5.10 Å². The molecule has 1 aromatic carbocycles. The number of ether oxygens (including phenoxy) is 2. The average molecular weight is 303 g/mol. The zero-order chi connectivity index (χ0) is 15.2. The van der Waals surface area contributed by atoms with Crippen LogP contribution in [0.4, 0.5) is 0 Å². The normalized spacial score (nSPS) is 19.4. The molecule has 2 heterocycles. The third-order valence-electron chi connectivity index (χ3n) is 3.75. The Bertz CT molecular complexity index is 574. The zero-order valence-electron chi connectivity index (χ0n) is 12.8. The minimum absolute atomic E-state index is 0.0668. The van der Waals surface area contributed by atoms with E-state index in [1.807, 2.05) is 25.2 Å². The highest BCUT2D eigenvalue weighted by Gasteiger charge is 2.25. The number of hydrogen-bond donors (Lipinski definition) is 0. The summed E-state index contributed by atoms with van der Waals surface area (Å²) >= 11 is 0. The van der Waals surface area contributed by atoms with Gasteiger partial charge < -0.3 is 9.47 Å². The second-order valence-electron chi connectivity index (χ2n) is 5.36. The van der Waals surface area contributed by atoms with Crippen LogP contribution in [-0.2, 0) is 23.1 Å². The Kier molecular flexibility index (Phi) is 5.10. The molecular weight excluding hydrogens is 282 g/mol. The standard InChI is InChI=1S/C15H21N5O2/c1-19-15(16-17-18-19)14-11-20(8-10-22-14)7-9-21-12-13-5-3-2-4-6-13/h2-6,14H,7-12H2,1H3. The third-order valence-corrected chi connectivity index (χ3v) is 3.75. The summed E-state index contributed by atoms with van der Waals surface area (Å²) in [4.78, 5) is 2.33. The number of hydrogen-bond acceptors (Lipinski definition) is 6. The Balaban J connectivity index is 1.42. The van der Waals surface area contributed by atoms with Crippen molar-refractivity contribution in [3.63, 3.8) is 0 Å². The summed E-state index contributed by atoms with van der Waals surface area (Å²) < 4.78 is 13.2. The fourth-order valence-corrected chi connectivity index (χ4v) is 2.53. The molecule has 0 bridgehead atoms. The van der Waals surface area contributed by atoms with E-state index in [9.17, 15) is 0 Å². The molecule has 7 heteroatoms. The van der Waals surface area contributed by atoms with Crippen LogP contribution in [0.2, 0.25) is 0 Å². The molecule has 2 aromatic rings. The Hall–Kier alpha value is -1.83. The maximum atomic E-state index is 5.76. The van der Waals surface area contributed by atoms with E-state index in [1.165, 1.54) is 5.56 Å². The lowest BCUT2D eigenvalue weighted by molar-refractivity contribution is -0.0440. The first-order valence-electron chi connectivity index (χ1n) is 7.51. The lowest BCUT2D eigenvalue weighted by Crippen LogP contribution is -2.40. The monoisotopic (exact) mass is 303 g/mol. The highest BCUT2D eigenvalue weighted by atomic mass is 16.5. The van der Waals surface area contributed by atoms with E-state index in [0.29, 0.717) is 19.8 Å². The van der Waals surface area contributed by atoms with Crippen LogP contribution < -0.4 is 0 Å². The Labute approximate surface area is 129 Å². The SMILES string of the molecule is Cn1nnnc1C1CN(CCOCc2ccccc2)CCO1. The van der Waals surface area contributed by atoms with Crippen LogP contribution in [0.15, 0.2) is 30.3 Å². The van der Waals surface area contributed by atoms with E-state index in [2.05, 4.69) is 32.6 Å². The summed E-state index contributed by atoms with van der Waals surface area (Å²) in [5.74, 6) is 0.773. The first-order valence-corrected chi connectivity index (χ1v) is 7.51. The molecule has 0 saturated carbocycles. The molecule has 1 fully saturated rings. The highest BCUT2D eigenvalue weighted by molar-refractivity contribution is 5.13. The molecule has 1 saturated heterocycles. The van der Waals surface area contributed by atoms with Crippen molar-refractivity contribution in [1.29, 1.82) is 0 Å². The van der Waals surface area contributed by atoms with Crippen molar-refractivity contribution in [2.24, 2.45) is 7.05 Å². The molecule has 1 unspecified atom stereocenters. The largest absolute Gasteiger partial charge is 0.375 e. The molecular formula is C15H21N5O2. The molecule has 1 aliphatic rings. The van der Waals surface area contributed by atoms with Crippen molar-refractivity contribution in [3.8, 4) is 0 Å². The lowest BCUT2D eigenvalue weighted by atomic mass is 10.2. The molecule has 0 N–H and O–H groups in total. The summed E-state index contributed by atoms with van der Waals surface area (Å²) in [5.41, 5.74) is 1.20. The van der Waals surface area contributed by atoms with Gasteiger partial charge in [-0.1, -0.05) is 30.3 Å². The van der Waals surface area contributed by atoms with Gasteiger partial charge in [0.2, 0.25) is 0 Å². The van der Waals surface area contributed by atoms with Crippen molar-refractivity contribution in [2.75, 3.05) is 32.8 Å². The van der Waals surface area contributed by atoms with Gasteiger partial charge in [0, 0.05) is 26.7 Å². The van der Waals surface area contributed by atoms with Gasteiger partial charge in [0.05, 0.1) is 19.8 Å². The molecule has 0 aliphatic carbocycles. The summed E-state index contributed by atoms with van der Waals surface area (Å²) in [6.45, 7) is 4.65. The van der Waals surface area contributed by atoms with E-state index >= 15 is 0 Å². The van der Waals surface area contributed by atoms with Crippen LogP contribution in [-0.4, -0.2) is 58.0 Å². The predicted molar refractivity (Wildman–Crippen MR) is 80.0 cm³/mol. The number of tetrazole rings is 1. The molecule has 1 aromatic heterocycles. The average Bonchev–Trinajstić information content (AvgIpc) is 2.99. The van der Waals surface area contributed by atoms with Crippen molar-refractivity contribution in [3.05, 3.63) is 41.7 Å². The number of benzene rings is 1. The maximum absolute atomic E-state index is 5.76. The molecule has 0 radical (unpaired) electrons.